The highest BCUT2D eigenvalue weighted by atomic mass is 35.5. The standard InChI is InChI=1S/C14H12Cl2N4/c1-20-8-19-12-5-6-17-14(13(12)20)18-7-9-10(15)3-2-4-11(9)16/h2-6,8H,7H2,1H3,(H,17,18). The van der Waals surface area contributed by atoms with Gasteiger partial charge in [-0.1, -0.05) is 29.3 Å². The molecule has 0 amide bonds. The SMILES string of the molecule is Cn1cnc2ccnc(NCc3c(Cl)cccc3Cl)c21. The quantitative estimate of drug-likeness (QED) is 0.798. The van der Waals surface area contributed by atoms with Crippen LogP contribution in [0.3, 0.4) is 0 Å². The third kappa shape index (κ3) is 2.32. The lowest BCUT2D eigenvalue weighted by atomic mass is 10.2. The molecule has 0 aliphatic carbocycles. The molecular formula is C14H12Cl2N4. The Morgan fingerprint density at radius 1 is 1.15 bits per heavy atom. The minimum Gasteiger partial charge on any atom is -0.364 e. The van der Waals surface area contributed by atoms with E-state index in [1.807, 2.05) is 35.9 Å². The fraction of sp³-hybridized carbons (Fsp3) is 0.143. The number of aromatic nitrogens is 3. The molecule has 1 N–H and O–H groups in total. The lowest BCUT2D eigenvalue weighted by Crippen LogP contribution is -2.04. The van der Waals surface area contributed by atoms with Crippen LogP contribution in [0.2, 0.25) is 10.0 Å². The van der Waals surface area contributed by atoms with Gasteiger partial charge in [0.1, 0.15) is 5.52 Å². The molecule has 1 aromatic carbocycles. The molecule has 4 nitrogen and oxygen atoms in total. The van der Waals surface area contributed by atoms with Crippen LogP contribution in [-0.4, -0.2) is 14.5 Å². The van der Waals surface area contributed by atoms with Crippen LogP contribution in [0.5, 0.6) is 0 Å². The van der Waals surface area contributed by atoms with E-state index in [0.717, 1.165) is 22.4 Å². The maximum atomic E-state index is 6.16. The topological polar surface area (TPSA) is 42.7 Å². The van der Waals surface area contributed by atoms with Crippen molar-refractivity contribution in [2.45, 2.75) is 6.54 Å². The third-order valence-electron chi connectivity index (χ3n) is 3.12. The Balaban J connectivity index is 1.93. The molecule has 3 aromatic rings. The highest BCUT2D eigenvalue weighted by molar-refractivity contribution is 6.36. The van der Waals surface area contributed by atoms with E-state index >= 15 is 0 Å². The van der Waals surface area contributed by atoms with Gasteiger partial charge in [0.15, 0.2) is 5.82 Å². The molecule has 0 unspecified atom stereocenters. The average molecular weight is 307 g/mol. The zero-order chi connectivity index (χ0) is 14.1. The van der Waals surface area contributed by atoms with Gasteiger partial charge in [0, 0.05) is 35.4 Å². The molecule has 0 atom stereocenters. The molecule has 0 spiro atoms. The number of hydrogen-bond donors (Lipinski definition) is 1. The van der Waals surface area contributed by atoms with Crippen molar-refractivity contribution < 1.29 is 0 Å². The van der Waals surface area contributed by atoms with Crippen molar-refractivity contribution in [1.29, 1.82) is 0 Å². The Labute approximate surface area is 126 Å². The number of halogens is 2. The zero-order valence-corrected chi connectivity index (χ0v) is 12.3. The molecule has 3 rings (SSSR count). The number of nitrogens with zero attached hydrogens (tertiary/aromatic N) is 3. The average Bonchev–Trinajstić information content (AvgIpc) is 2.81. The molecule has 2 aromatic heterocycles. The first-order valence-corrected chi connectivity index (χ1v) is 6.85. The second-order valence-electron chi connectivity index (χ2n) is 4.44. The van der Waals surface area contributed by atoms with Gasteiger partial charge in [-0.15, -0.1) is 0 Å². The van der Waals surface area contributed by atoms with Gasteiger partial charge < -0.3 is 9.88 Å². The second kappa shape index (κ2) is 5.31. The van der Waals surface area contributed by atoms with Crippen LogP contribution in [0, 0.1) is 0 Å². The minimum absolute atomic E-state index is 0.510. The van der Waals surface area contributed by atoms with Gasteiger partial charge in [-0.25, -0.2) is 9.97 Å². The van der Waals surface area contributed by atoms with Crippen molar-refractivity contribution in [3.63, 3.8) is 0 Å². The van der Waals surface area contributed by atoms with Crippen molar-refractivity contribution in [1.82, 2.24) is 14.5 Å². The van der Waals surface area contributed by atoms with Crippen LogP contribution in [0.15, 0.2) is 36.8 Å². The normalized spacial score (nSPS) is 10.9. The lowest BCUT2D eigenvalue weighted by Gasteiger charge is -2.10. The van der Waals surface area contributed by atoms with Crippen LogP contribution >= 0.6 is 23.2 Å². The van der Waals surface area contributed by atoms with E-state index < -0.39 is 0 Å². The van der Waals surface area contributed by atoms with E-state index in [9.17, 15) is 0 Å². The predicted octanol–water partition coefficient (Wildman–Crippen LogP) is 3.89. The number of hydrogen-bond acceptors (Lipinski definition) is 3. The minimum atomic E-state index is 0.510. The van der Waals surface area contributed by atoms with Crippen molar-refractivity contribution in [3.8, 4) is 0 Å². The van der Waals surface area contributed by atoms with Gasteiger partial charge in [-0.2, -0.15) is 0 Å². The summed E-state index contributed by atoms with van der Waals surface area (Å²) in [4.78, 5) is 8.66. The Kier molecular flexibility index (Phi) is 3.51. The molecule has 0 saturated heterocycles. The van der Waals surface area contributed by atoms with E-state index in [2.05, 4.69) is 15.3 Å². The predicted molar refractivity (Wildman–Crippen MR) is 82.3 cm³/mol. The van der Waals surface area contributed by atoms with Gasteiger partial charge in [0.2, 0.25) is 0 Å². The molecule has 0 aliphatic heterocycles. The molecule has 0 radical (unpaired) electrons. The molecular weight excluding hydrogens is 295 g/mol. The summed E-state index contributed by atoms with van der Waals surface area (Å²) in [6, 6.07) is 7.35. The van der Waals surface area contributed by atoms with E-state index in [1.165, 1.54) is 0 Å². The summed E-state index contributed by atoms with van der Waals surface area (Å²) in [5, 5.41) is 4.55. The van der Waals surface area contributed by atoms with Crippen LogP contribution in [-0.2, 0) is 13.6 Å². The first-order valence-electron chi connectivity index (χ1n) is 6.09. The Bertz CT molecular complexity index is 747. The molecule has 0 aliphatic rings. The van der Waals surface area contributed by atoms with E-state index in [4.69, 9.17) is 23.2 Å². The van der Waals surface area contributed by atoms with Gasteiger partial charge in [0.25, 0.3) is 0 Å². The number of fused-ring (bicyclic) bond motifs is 1. The summed E-state index contributed by atoms with van der Waals surface area (Å²) in [7, 11) is 1.94. The Morgan fingerprint density at radius 3 is 2.65 bits per heavy atom. The number of nitrogens with one attached hydrogen (secondary N) is 1. The monoisotopic (exact) mass is 306 g/mol. The molecule has 102 valence electrons. The highest BCUT2D eigenvalue weighted by Gasteiger charge is 2.09. The summed E-state index contributed by atoms with van der Waals surface area (Å²) < 4.78 is 1.93. The highest BCUT2D eigenvalue weighted by Crippen LogP contribution is 2.26. The maximum absolute atomic E-state index is 6.16. The summed E-state index contributed by atoms with van der Waals surface area (Å²) >= 11 is 12.3. The van der Waals surface area contributed by atoms with E-state index in [1.54, 1.807) is 12.5 Å². The van der Waals surface area contributed by atoms with Crippen molar-refractivity contribution in [2.24, 2.45) is 7.05 Å². The fourth-order valence-electron chi connectivity index (χ4n) is 2.10. The van der Waals surface area contributed by atoms with Crippen LogP contribution in [0.1, 0.15) is 5.56 Å². The maximum Gasteiger partial charge on any atom is 0.152 e. The van der Waals surface area contributed by atoms with E-state index in [-0.39, 0.29) is 0 Å². The number of anilines is 1. The molecule has 6 heteroatoms. The van der Waals surface area contributed by atoms with Crippen molar-refractivity contribution in [3.05, 3.63) is 52.4 Å². The van der Waals surface area contributed by atoms with Gasteiger partial charge >= 0.3 is 0 Å². The lowest BCUT2D eigenvalue weighted by molar-refractivity contribution is 0.942. The van der Waals surface area contributed by atoms with Crippen molar-refractivity contribution in [2.75, 3.05) is 5.32 Å². The van der Waals surface area contributed by atoms with E-state index in [0.29, 0.717) is 16.6 Å². The first-order chi connectivity index (χ1) is 9.66. The number of benzene rings is 1. The summed E-state index contributed by atoms with van der Waals surface area (Å²) in [5.74, 6) is 0.762. The number of imidazole rings is 1. The van der Waals surface area contributed by atoms with Crippen LogP contribution < -0.4 is 5.32 Å². The van der Waals surface area contributed by atoms with Gasteiger partial charge in [-0.3, -0.25) is 0 Å². The van der Waals surface area contributed by atoms with Crippen molar-refractivity contribution >= 4 is 40.1 Å². The summed E-state index contributed by atoms with van der Waals surface area (Å²) in [5.41, 5.74) is 2.71. The Morgan fingerprint density at radius 2 is 1.90 bits per heavy atom. The summed E-state index contributed by atoms with van der Waals surface area (Å²) in [6.07, 6.45) is 3.49. The molecule has 0 saturated carbocycles. The number of aryl methyl sites for hydroxylation is 1. The van der Waals surface area contributed by atoms with Gasteiger partial charge in [0.05, 0.1) is 11.8 Å². The largest absolute Gasteiger partial charge is 0.364 e. The number of pyridine rings is 1. The number of rotatable bonds is 3. The fourth-order valence-corrected chi connectivity index (χ4v) is 2.64. The molecule has 0 fully saturated rings. The smallest absolute Gasteiger partial charge is 0.152 e. The van der Waals surface area contributed by atoms with Gasteiger partial charge in [-0.05, 0) is 18.2 Å². The Hall–Kier alpha value is -1.78. The molecule has 20 heavy (non-hydrogen) atoms. The van der Waals surface area contributed by atoms with Crippen LogP contribution in [0.4, 0.5) is 5.82 Å². The molecule has 0 bridgehead atoms. The second-order valence-corrected chi connectivity index (χ2v) is 5.25. The molecule has 2 heterocycles. The summed E-state index contributed by atoms with van der Waals surface area (Å²) in [6.45, 7) is 0.510. The van der Waals surface area contributed by atoms with Crippen LogP contribution in [0.25, 0.3) is 11.0 Å². The third-order valence-corrected chi connectivity index (χ3v) is 3.83. The first kappa shape index (κ1) is 13.2. The zero-order valence-electron chi connectivity index (χ0n) is 10.8.